The van der Waals surface area contributed by atoms with Gasteiger partial charge in [-0.3, -0.25) is 0 Å². The highest BCUT2D eigenvalue weighted by Gasteiger charge is 2.12. The van der Waals surface area contributed by atoms with Crippen molar-refractivity contribution in [1.29, 1.82) is 5.41 Å². The first kappa shape index (κ1) is 19.1. The van der Waals surface area contributed by atoms with E-state index in [0.717, 1.165) is 25.2 Å². The van der Waals surface area contributed by atoms with Crippen molar-refractivity contribution in [3.05, 3.63) is 35.7 Å². The van der Waals surface area contributed by atoms with E-state index in [1.165, 1.54) is 0 Å². The number of rotatable bonds is 11. The van der Waals surface area contributed by atoms with Gasteiger partial charge in [0.2, 0.25) is 0 Å². The quantitative estimate of drug-likeness (QED) is 0.331. The maximum Gasteiger partial charge on any atom is 0.198 e. The Balaban J connectivity index is 2.70. The molecule has 23 heavy (non-hydrogen) atoms. The maximum atomic E-state index is 8.13. The van der Waals surface area contributed by atoms with Crippen LogP contribution in [0.15, 0.2) is 30.1 Å². The van der Waals surface area contributed by atoms with Gasteiger partial charge in [-0.2, -0.15) is 0 Å². The highest BCUT2D eigenvalue weighted by atomic mass is 16.7. The molecule has 6 heteroatoms. The lowest BCUT2D eigenvalue weighted by atomic mass is 10.1. The average molecular weight is 320 g/mol. The molecule has 0 radical (unpaired) electrons. The minimum Gasteiger partial charge on any atom is -0.398 e. The number of nitrogens with zero attached hydrogens (tertiary/aromatic N) is 1. The molecule has 0 atom stereocenters. The summed E-state index contributed by atoms with van der Waals surface area (Å²) in [7, 11) is 0. The molecule has 0 aliphatic rings. The number of nitrogens with two attached hydrogens (primary N) is 1. The molecule has 0 aromatic carbocycles. The van der Waals surface area contributed by atoms with Gasteiger partial charge in [0.25, 0.3) is 0 Å². The summed E-state index contributed by atoms with van der Waals surface area (Å²) in [5, 5.41) is 11.4. The minimum atomic E-state index is -0.617. The SMILES string of the molecule is CCCCNc1ccc(C(=N)C=C(N)C(OCC)OCC)cn1. The number of allylic oxidation sites excluding steroid dienone is 1. The topological polar surface area (TPSA) is 93.3 Å². The molecular weight excluding hydrogens is 292 g/mol. The Hall–Kier alpha value is -1.92. The number of anilines is 1. The van der Waals surface area contributed by atoms with Gasteiger partial charge < -0.3 is 25.9 Å². The Morgan fingerprint density at radius 1 is 1.30 bits per heavy atom. The molecule has 0 aliphatic heterocycles. The number of unbranched alkanes of at least 4 members (excludes halogenated alkanes) is 1. The fraction of sp³-hybridized carbons (Fsp3) is 0.529. The highest BCUT2D eigenvalue weighted by Crippen LogP contribution is 2.09. The van der Waals surface area contributed by atoms with Crippen LogP contribution in [0.1, 0.15) is 39.2 Å². The van der Waals surface area contributed by atoms with E-state index in [4.69, 9.17) is 20.6 Å². The van der Waals surface area contributed by atoms with E-state index >= 15 is 0 Å². The molecule has 6 nitrogen and oxygen atoms in total. The molecule has 0 spiro atoms. The van der Waals surface area contributed by atoms with Crippen LogP contribution in [-0.2, 0) is 9.47 Å². The molecule has 0 saturated heterocycles. The van der Waals surface area contributed by atoms with Crippen LogP contribution in [0.5, 0.6) is 0 Å². The van der Waals surface area contributed by atoms with Crippen molar-refractivity contribution >= 4 is 11.5 Å². The fourth-order valence-corrected chi connectivity index (χ4v) is 1.91. The molecule has 0 unspecified atom stereocenters. The number of nitrogens with one attached hydrogen (secondary N) is 2. The van der Waals surface area contributed by atoms with Crippen LogP contribution in [0.25, 0.3) is 0 Å². The average Bonchev–Trinajstić information content (AvgIpc) is 2.55. The van der Waals surface area contributed by atoms with Crippen molar-refractivity contribution in [3.63, 3.8) is 0 Å². The number of ether oxygens (including phenoxy) is 2. The van der Waals surface area contributed by atoms with Crippen LogP contribution in [0.4, 0.5) is 5.82 Å². The number of hydrogen-bond donors (Lipinski definition) is 3. The van der Waals surface area contributed by atoms with Gasteiger partial charge in [-0.25, -0.2) is 4.98 Å². The first-order valence-corrected chi connectivity index (χ1v) is 8.11. The summed E-state index contributed by atoms with van der Waals surface area (Å²) in [4.78, 5) is 4.31. The molecule has 1 aromatic rings. The third-order valence-electron chi connectivity index (χ3n) is 3.13. The molecule has 1 heterocycles. The van der Waals surface area contributed by atoms with Crippen molar-refractivity contribution < 1.29 is 9.47 Å². The zero-order valence-electron chi connectivity index (χ0n) is 14.3. The zero-order valence-corrected chi connectivity index (χ0v) is 14.3. The Morgan fingerprint density at radius 2 is 2.00 bits per heavy atom. The second kappa shape index (κ2) is 10.7. The van der Waals surface area contributed by atoms with Crippen LogP contribution >= 0.6 is 0 Å². The van der Waals surface area contributed by atoms with E-state index in [2.05, 4.69) is 17.2 Å². The lowest BCUT2D eigenvalue weighted by molar-refractivity contribution is -0.111. The van der Waals surface area contributed by atoms with Crippen molar-refractivity contribution in [2.45, 2.75) is 39.9 Å². The number of aromatic nitrogens is 1. The van der Waals surface area contributed by atoms with E-state index < -0.39 is 6.29 Å². The number of pyridine rings is 1. The predicted molar refractivity (Wildman–Crippen MR) is 93.8 cm³/mol. The van der Waals surface area contributed by atoms with E-state index in [1.54, 1.807) is 12.3 Å². The zero-order chi connectivity index (χ0) is 17.1. The Labute approximate surface area is 138 Å². The van der Waals surface area contributed by atoms with Gasteiger partial charge in [-0.05, 0) is 38.5 Å². The Bertz CT molecular complexity index is 494. The van der Waals surface area contributed by atoms with Gasteiger partial charge in [-0.1, -0.05) is 13.3 Å². The highest BCUT2D eigenvalue weighted by molar-refractivity contribution is 6.06. The smallest absolute Gasteiger partial charge is 0.198 e. The summed E-state index contributed by atoms with van der Waals surface area (Å²) >= 11 is 0. The van der Waals surface area contributed by atoms with E-state index in [1.807, 2.05) is 26.0 Å². The minimum absolute atomic E-state index is 0.277. The molecule has 1 aromatic heterocycles. The number of hydrogen-bond acceptors (Lipinski definition) is 6. The molecular formula is C17H28N4O2. The largest absolute Gasteiger partial charge is 0.398 e. The van der Waals surface area contributed by atoms with Crippen molar-refractivity contribution in [3.8, 4) is 0 Å². The predicted octanol–water partition coefficient (Wildman–Crippen LogP) is 2.90. The maximum absolute atomic E-state index is 8.13. The molecule has 128 valence electrons. The van der Waals surface area contributed by atoms with Crippen LogP contribution in [0.2, 0.25) is 0 Å². The summed E-state index contributed by atoms with van der Waals surface area (Å²) < 4.78 is 10.8. The van der Waals surface area contributed by atoms with Gasteiger partial charge in [0.15, 0.2) is 6.29 Å². The molecule has 1 rings (SSSR count). The first-order valence-electron chi connectivity index (χ1n) is 8.11. The third-order valence-corrected chi connectivity index (χ3v) is 3.13. The molecule has 0 amide bonds. The second-order valence-corrected chi connectivity index (χ2v) is 5.01. The first-order chi connectivity index (χ1) is 11.1. The van der Waals surface area contributed by atoms with Crippen LogP contribution in [0.3, 0.4) is 0 Å². The van der Waals surface area contributed by atoms with Gasteiger partial charge >= 0.3 is 0 Å². The van der Waals surface area contributed by atoms with Crippen molar-refractivity contribution in [2.24, 2.45) is 5.73 Å². The van der Waals surface area contributed by atoms with Crippen LogP contribution in [0, 0.1) is 5.41 Å². The van der Waals surface area contributed by atoms with Crippen molar-refractivity contribution in [1.82, 2.24) is 4.98 Å². The summed E-state index contributed by atoms with van der Waals surface area (Å²) in [6, 6.07) is 3.72. The standard InChI is InChI=1S/C17H28N4O2/c1-4-7-10-20-16-9-8-13(12-21-16)14(18)11-15(19)17(22-5-2)23-6-3/h8-9,11-12,17-18H,4-7,10,19H2,1-3H3,(H,20,21). The molecule has 0 fully saturated rings. The van der Waals surface area contributed by atoms with Gasteiger partial charge in [-0.15, -0.1) is 0 Å². The molecule has 0 saturated carbocycles. The molecule has 4 N–H and O–H groups in total. The van der Waals surface area contributed by atoms with E-state index in [9.17, 15) is 0 Å². The molecule has 0 aliphatic carbocycles. The third kappa shape index (κ3) is 6.80. The Morgan fingerprint density at radius 3 is 2.52 bits per heavy atom. The van der Waals surface area contributed by atoms with E-state index in [0.29, 0.717) is 24.5 Å². The second-order valence-electron chi connectivity index (χ2n) is 5.01. The molecule has 0 bridgehead atoms. The van der Waals surface area contributed by atoms with Gasteiger partial charge in [0, 0.05) is 31.5 Å². The monoisotopic (exact) mass is 320 g/mol. The van der Waals surface area contributed by atoms with Gasteiger partial charge in [0.1, 0.15) is 5.82 Å². The summed E-state index contributed by atoms with van der Waals surface area (Å²) in [6.45, 7) is 7.78. The van der Waals surface area contributed by atoms with Gasteiger partial charge in [0.05, 0.1) is 11.4 Å². The van der Waals surface area contributed by atoms with Crippen molar-refractivity contribution in [2.75, 3.05) is 25.1 Å². The lowest BCUT2D eigenvalue weighted by Crippen LogP contribution is -2.25. The summed E-state index contributed by atoms with van der Waals surface area (Å²) in [5.74, 6) is 0.813. The van der Waals surface area contributed by atoms with Crippen LogP contribution in [-0.4, -0.2) is 36.7 Å². The van der Waals surface area contributed by atoms with E-state index in [-0.39, 0.29) is 5.71 Å². The summed E-state index contributed by atoms with van der Waals surface area (Å²) in [5.41, 5.74) is 7.33. The Kier molecular flexibility index (Phi) is 8.94. The summed E-state index contributed by atoms with van der Waals surface area (Å²) in [6.07, 6.45) is 4.84. The normalized spacial score (nSPS) is 11.7. The fourth-order valence-electron chi connectivity index (χ4n) is 1.91. The van der Waals surface area contributed by atoms with Crippen LogP contribution < -0.4 is 11.1 Å². The lowest BCUT2D eigenvalue weighted by Gasteiger charge is -2.17.